The van der Waals surface area contributed by atoms with Crippen LogP contribution in [0.4, 0.5) is 0 Å². The van der Waals surface area contributed by atoms with E-state index in [1.54, 1.807) is 23.1 Å². The van der Waals surface area contributed by atoms with Crippen LogP contribution in [0.25, 0.3) is 11.5 Å². The molecule has 23 heavy (non-hydrogen) atoms. The number of aryl methyl sites for hydroxylation is 1. The fraction of sp³-hybridized carbons (Fsp3) is 0.250. The molecule has 0 aromatic carbocycles. The van der Waals surface area contributed by atoms with Gasteiger partial charge in [0.05, 0.1) is 11.8 Å². The molecule has 3 heterocycles. The molecule has 0 aliphatic heterocycles. The summed E-state index contributed by atoms with van der Waals surface area (Å²) in [6, 6.07) is 3.76. The number of carbonyl (C=O) groups is 1. The number of nitrogens with zero attached hydrogens (tertiary/aromatic N) is 4. The van der Waals surface area contributed by atoms with E-state index in [2.05, 4.69) is 20.4 Å². The average Bonchev–Trinajstić information content (AvgIpc) is 2.99. The highest BCUT2D eigenvalue weighted by atomic mass is 16.3. The fourth-order valence-electron chi connectivity index (χ4n) is 2.60. The Labute approximate surface area is 132 Å². The molecular formula is C16H15N5O2. The molecular weight excluding hydrogens is 294 g/mol. The molecule has 0 radical (unpaired) electrons. The molecule has 2 atom stereocenters. The SMILES string of the molecule is Cn1cc([C@@H]2C[C@H]2NC(=O)c2coc(-c3cccnc3)n2)cn1. The molecule has 3 aromatic rings. The summed E-state index contributed by atoms with van der Waals surface area (Å²) in [6.07, 6.45) is 9.43. The Kier molecular flexibility index (Phi) is 3.18. The lowest BCUT2D eigenvalue weighted by atomic mass is 10.2. The maximum absolute atomic E-state index is 12.3. The van der Waals surface area contributed by atoms with Crippen LogP contribution in [-0.4, -0.2) is 31.7 Å². The largest absolute Gasteiger partial charge is 0.444 e. The predicted molar refractivity (Wildman–Crippen MR) is 81.6 cm³/mol. The third-order valence-electron chi connectivity index (χ3n) is 3.91. The molecule has 1 N–H and O–H groups in total. The van der Waals surface area contributed by atoms with E-state index in [1.165, 1.54) is 6.26 Å². The second-order valence-electron chi connectivity index (χ2n) is 5.65. The van der Waals surface area contributed by atoms with Crippen molar-refractivity contribution in [1.29, 1.82) is 0 Å². The zero-order valence-corrected chi connectivity index (χ0v) is 12.5. The van der Waals surface area contributed by atoms with Gasteiger partial charge in [0.2, 0.25) is 5.89 Å². The van der Waals surface area contributed by atoms with Crippen molar-refractivity contribution in [2.45, 2.75) is 18.4 Å². The van der Waals surface area contributed by atoms with Gasteiger partial charge in [-0.3, -0.25) is 14.5 Å². The van der Waals surface area contributed by atoms with E-state index in [0.717, 1.165) is 17.5 Å². The first-order valence-electron chi connectivity index (χ1n) is 7.36. The van der Waals surface area contributed by atoms with E-state index in [-0.39, 0.29) is 17.6 Å². The lowest BCUT2D eigenvalue weighted by Gasteiger charge is -2.00. The molecule has 1 aliphatic carbocycles. The van der Waals surface area contributed by atoms with Crippen LogP contribution in [0.15, 0.2) is 47.6 Å². The molecule has 1 aliphatic rings. The maximum atomic E-state index is 12.3. The normalized spacial score (nSPS) is 19.5. The quantitative estimate of drug-likeness (QED) is 0.793. The van der Waals surface area contributed by atoms with Gasteiger partial charge in [0.25, 0.3) is 5.91 Å². The Morgan fingerprint density at radius 3 is 3.09 bits per heavy atom. The summed E-state index contributed by atoms with van der Waals surface area (Å²) in [5, 5.41) is 7.14. The fourth-order valence-corrected chi connectivity index (χ4v) is 2.60. The number of amides is 1. The number of nitrogens with one attached hydrogen (secondary N) is 1. The lowest BCUT2D eigenvalue weighted by Crippen LogP contribution is -2.26. The van der Waals surface area contributed by atoms with E-state index in [9.17, 15) is 4.79 Å². The van der Waals surface area contributed by atoms with Gasteiger partial charge in [-0.25, -0.2) is 4.98 Å². The van der Waals surface area contributed by atoms with Crippen LogP contribution in [0.5, 0.6) is 0 Å². The monoisotopic (exact) mass is 309 g/mol. The zero-order valence-electron chi connectivity index (χ0n) is 12.5. The van der Waals surface area contributed by atoms with Gasteiger partial charge in [-0.15, -0.1) is 0 Å². The molecule has 7 nitrogen and oxygen atoms in total. The average molecular weight is 309 g/mol. The van der Waals surface area contributed by atoms with E-state index in [4.69, 9.17) is 4.42 Å². The summed E-state index contributed by atoms with van der Waals surface area (Å²) in [5.74, 6) is 0.500. The maximum Gasteiger partial charge on any atom is 0.273 e. The van der Waals surface area contributed by atoms with Crippen molar-refractivity contribution in [3.63, 3.8) is 0 Å². The Morgan fingerprint density at radius 1 is 1.43 bits per heavy atom. The topological polar surface area (TPSA) is 85.8 Å². The molecule has 1 saturated carbocycles. The molecule has 116 valence electrons. The van der Waals surface area contributed by atoms with Gasteiger partial charge >= 0.3 is 0 Å². The van der Waals surface area contributed by atoms with Gasteiger partial charge in [-0.1, -0.05) is 0 Å². The first kappa shape index (κ1) is 13.7. The second-order valence-corrected chi connectivity index (χ2v) is 5.65. The molecule has 0 saturated heterocycles. The number of hydrogen-bond donors (Lipinski definition) is 1. The van der Waals surface area contributed by atoms with Crippen LogP contribution in [0, 0.1) is 0 Å². The van der Waals surface area contributed by atoms with Gasteiger partial charge in [0.15, 0.2) is 5.69 Å². The predicted octanol–water partition coefficient (Wildman–Crippen LogP) is 1.76. The molecule has 3 aromatic heterocycles. The van der Waals surface area contributed by atoms with E-state index < -0.39 is 0 Å². The van der Waals surface area contributed by atoms with Gasteiger partial charge in [0.1, 0.15) is 6.26 Å². The van der Waals surface area contributed by atoms with Crippen LogP contribution < -0.4 is 5.32 Å². The van der Waals surface area contributed by atoms with Gasteiger partial charge in [-0.05, 0) is 24.1 Å². The number of pyridine rings is 1. The Balaban J connectivity index is 1.42. The van der Waals surface area contributed by atoms with Crippen molar-refractivity contribution in [3.05, 3.63) is 54.4 Å². The molecule has 0 spiro atoms. The first-order valence-corrected chi connectivity index (χ1v) is 7.36. The summed E-state index contributed by atoms with van der Waals surface area (Å²) in [6.45, 7) is 0. The molecule has 0 unspecified atom stereocenters. The zero-order chi connectivity index (χ0) is 15.8. The van der Waals surface area contributed by atoms with Crippen LogP contribution >= 0.6 is 0 Å². The smallest absolute Gasteiger partial charge is 0.273 e. The third-order valence-corrected chi connectivity index (χ3v) is 3.91. The minimum Gasteiger partial charge on any atom is -0.444 e. The van der Waals surface area contributed by atoms with Crippen molar-refractivity contribution in [3.8, 4) is 11.5 Å². The highest BCUT2D eigenvalue weighted by molar-refractivity contribution is 5.92. The van der Waals surface area contributed by atoms with Crippen LogP contribution in [-0.2, 0) is 7.05 Å². The van der Waals surface area contributed by atoms with Crippen molar-refractivity contribution >= 4 is 5.91 Å². The number of carbonyl (C=O) groups excluding carboxylic acids is 1. The van der Waals surface area contributed by atoms with Crippen LogP contribution in [0.3, 0.4) is 0 Å². The minimum absolute atomic E-state index is 0.130. The second kappa shape index (κ2) is 5.35. The summed E-state index contributed by atoms with van der Waals surface area (Å²) in [4.78, 5) is 20.5. The minimum atomic E-state index is -0.222. The lowest BCUT2D eigenvalue weighted by molar-refractivity contribution is 0.0945. The van der Waals surface area contributed by atoms with Gasteiger partial charge in [0, 0.05) is 37.6 Å². The van der Waals surface area contributed by atoms with Crippen molar-refractivity contribution in [2.75, 3.05) is 0 Å². The Bertz CT molecular complexity index is 839. The standard InChI is InChI=1S/C16H15N5O2/c1-21-8-11(7-18-21)12-5-13(12)19-15(22)14-9-23-16(20-14)10-3-2-4-17-6-10/h2-4,6-9,12-13H,5H2,1H3,(H,19,22)/t12-,13+/m0/s1. The number of oxazole rings is 1. The van der Waals surface area contributed by atoms with E-state index in [0.29, 0.717) is 11.8 Å². The number of aromatic nitrogens is 4. The van der Waals surface area contributed by atoms with Gasteiger partial charge < -0.3 is 9.73 Å². The highest BCUT2D eigenvalue weighted by Crippen LogP contribution is 2.40. The Morgan fingerprint density at radius 2 is 2.35 bits per heavy atom. The summed E-state index contributed by atoms with van der Waals surface area (Å²) in [7, 11) is 1.88. The molecule has 1 fully saturated rings. The number of hydrogen-bond acceptors (Lipinski definition) is 5. The molecule has 1 amide bonds. The van der Waals surface area contributed by atoms with E-state index >= 15 is 0 Å². The Hall–Kier alpha value is -2.96. The first-order chi connectivity index (χ1) is 11.2. The number of rotatable bonds is 4. The third kappa shape index (κ3) is 2.73. The van der Waals surface area contributed by atoms with Crippen molar-refractivity contribution in [2.24, 2.45) is 7.05 Å². The molecule has 7 heteroatoms. The van der Waals surface area contributed by atoms with Crippen LogP contribution in [0.2, 0.25) is 0 Å². The van der Waals surface area contributed by atoms with Crippen molar-refractivity contribution in [1.82, 2.24) is 25.1 Å². The van der Waals surface area contributed by atoms with Gasteiger partial charge in [-0.2, -0.15) is 5.10 Å². The summed E-state index contributed by atoms with van der Waals surface area (Å²) >= 11 is 0. The van der Waals surface area contributed by atoms with Crippen LogP contribution in [0.1, 0.15) is 28.4 Å². The molecule has 0 bridgehead atoms. The molecule has 4 rings (SSSR count). The van der Waals surface area contributed by atoms with Crippen molar-refractivity contribution < 1.29 is 9.21 Å². The summed E-state index contributed by atoms with van der Waals surface area (Å²) in [5.41, 5.74) is 2.17. The summed E-state index contributed by atoms with van der Waals surface area (Å²) < 4.78 is 7.13. The van der Waals surface area contributed by atoms with E-state index in [1.807, 2.05) is 25.5 Å². The highest BCUT2D eigenvalue weighted by Gasteiger charge is 2.40.